The molecule has 4 unspecified atom stereocenters. The molecular formula is C26H52ClN3OS. The summed E-state index contributed by atoms with van der Waals surface area (Å²) in [5.41, 5.74) is 6.42. The lowest BCUT2D eigenvalue weighted by molar-refractivity contribution is 0.0219. The number of thiol groups is 1. The van der Waals surface area contributed by atoms with Gasteiger partial charge < -0.3 is 10.8 Å². The highest BCUT2D eigenvalue weighted by molar-refractivity contribution is 7.80. The van der Waals surface area contributed by atoms with Gasteiger partial charge in [-0.15, -0.1) is 11.6 Å². The molecule has 32 heavy (non-hydrogen) atoms. The first-order valence-corrected chi connectivity index (χ1v) is 14.2. The number of aliphatic hydroxyl groups is 1. The topological polar surface area (TPSA) is 61.5 Å². The summed E-state index contributed by atoms with van der Waals surface area (Å²) in [6.45, 7) is 13.6. The van der Waals surface area contributed by atoms with Gasteiger partial charge >= 0.3 is 0 Å². The number of nitrogens with zero attached hydrogens (tertiary/aromatic N) is 1. The minimum absolute atomic E-state index is 0.0692. The van der Waals surface area contributed by atoms with Gasteiger partial charge in [-0.2, -0.15) is 12.6 Å². The van der Waals surface area contributed by atoms with Gasteiger partial charge in [-0.3, -0.25) is 10.2 Å². The molecule has 0 aromatic rings. The van der Waals surface area contributed by atoms with Gasteiger partial charge in [0, 0.05) is 24.0 Å². The molecule has 190 valence electrons. The van der Waals surface area contributed by atoms with Crippen molar-refractivity contribution in [1.82, 2.24) is 10.2 Å². The largest absolute Gasteiger partial charge is 0.378 e. The maximum Gasteiger partial charge on any atom is 0.108 e. The van der Waals surface area contributed by atoms with Gasteiger partial charge in [-0.25, -0.2) is 0 Å². The highest BCUT2D eigenvalue weighted by Crippen LogP contribution is 2.37. The van der Waals surface area contributed by atoms with Crippen LogP contribution in [-0.4, -0.2) is 52.2 Å². The Morgan fingerprint density at radius 1 is 1.16 bits per heavy atom. The fourth-order valence-electron chi connectivity index (χ4n) is 6.05. The van der Waals surface area contributed by atoms with E-state index in [2.05, 4.69) is 44.8 Å². The molecule has 6 heteroatoms. The molecule has 4 nitrogen and oxygen atoms in total. The lowest BCUT2D eigenvalue weighted by Gasteiger charge is -2.43. The Kier molecular flexibility index (Phi) is 12.1. The van der Waals surface area contributed by atoms with E-state index in [-0.39, 0.29) is 28.8 Å². The molecular weight excluding hydrogens is 438 g/mol. The van der Waals surface area contributed by atoms with E-state index in [4.69, 9.17) is 30.0 Å². The number of rotatable bonds is 12. The van der Waals surface area contributed by atoms with E-state index in [9.17, 15) is 5.11 Å². The second kappa shape index (κ2) is 13.5. The number of halogens is 1. The average Bonchev–Trinajstić information content (AvgIpc) is 2.72. The van der Waals surface area contributed by atoms with Crippen LogP contribution in [0.25, 0.3) is 0 Å². The molecule has 2 saturated carbocycles. The zero-order valence-electron chi connectivity index (χ0n) is 21.4. The number of aliphatic hydroxyl groups excluding tert-OH is 1. The van der Waals surface area contributed by atoms with E-state index in [0.717, 1.165) is 64.0 Å². The fourth-order valence-corrected chi connectivity index (χ4v) is 6.93. The molecule has 2 rings (SSSR count). The molecule has 0 bridgehead atoms. The molecule has 0 aromatic heterocycles. The second-order valence-electron chi connectivity index (χ2n) is 11.9. The van der Waals surface area contributed by atoms with Crippen LogP contribution < -0.4 is 11.1 Å². The Morgan fingerprint density at radius 2 is 1.81 bits per heavy atom. The first-order chi connectivity index (χ1) is 15.0. The minimum Gasteiger partial charge on any atom is -0.378 e. The third-order valence-electron chi connectivity index (χ3n) is 7.74. The summed E-state index contributed by atoms with van der Waals surface area (Å²) in [4.78, 5) is 2.55. The Hall–Kier alpha value is 0.480. The first-order valence-electron chi connectivity index (χ1n) is 13.3. The number of hydrogen-bond acceptors (Lipinski definition) is 5. The quantitative estimate of drug-likeness (QED) is 0.163. The van der Waals surface area contributed by atoms with Crippen molar-refractivity contribution in [2.24, 2.45) is 28.9 Å². The monoisotopic (exact) mass is 489 g/mol. The van der Waals surface area contributed by atoms with Crippen LogP contribution in [-0.2, 0) is 0 Å². The van der Waals surface area contributed by atoms with Crippen molar-refractivity contribution in [2.75, 3.05) is 13.1 Å². The average molecular weight is 490 g/mol. The number of hydrogen-bond donors (Lipinski definition) is 4. The first kappa shape index (κ1) is 28.7. The zero-order valence-corrected chi connectivity index (χ0v) is 23.1. The summed E-state index contributed by atoms with van der Waals surface area (Å²) in [5, 5.41) is 15.1. The standard InChI is InChI=1S/C26H52ClN3OS/c1-6-14-30(17-26(4,5)16-19-10-12-21(27)13-11-19)25(32)23(18(2)3)29-24(31)20-8-7-9-22(28)15-20/h18-25,29,31-32H,6-17,28H2,1-5H3/t19?,20?,21?,22?,23-,24?,25?/m1/s1. The summed E-state index contributed by atoms with van der Waals surface area (Å²) in [6.07, 6.45) is 10.9. The molecule has 2 fully saturated rings. The van der Waals surface area contributed by atoms with Gasteiger partial charge in [-0.1, -0.05) is 41.0 Å². The van der Waals surface area contributed by atoms with Crippen LogP contribution in [0.5, 0.6) is 0 Å². The minimum atomic E-state index is -0.509. The summed E-state index contributed by atoms with van der Waals surface area (Å²) < 4.78 is 0. The zero-order chi connectivity index (χ0) is 23.9. The van der Waals surface area contributed by atoms with Crippen LogP contribution in [0, 0.1) is 23.2 Å². The molecule has 0 heterocycles. The molecule has 0 saturated heterocycles. The third-order valence-corrected chi connectivity index (χ3v) is 8.82. The van der Waals surface area contributed by atoms with E-state index < -0.39 is 6.23 Å². The summed E-state index contributed by atoms with van der Waals surface area (Å²) >= 11 is 11.5. The van der Waals surface area contributed by atoms with Gasteiger partial charge in [0.05, 0.1) is 5.37 Å². The lowest BCUT2D eigenvalue weighted by Crippen LogP contribution is -2.56. The fraction of sp³-hybridized carbons (Fsp3) is 1.00. The summed E-state index contributed by atoms with van der Waals surface area (Å²) in [7, 11) is 0. The number of alkyl halides is 1. The van der Waals surface area contributed by atoms with Crippen molar-refractivity contribution in [3.05, 3.63) is 0 Å². The van der Waals surface area contributed by atoms with Gasteiger partial charge in [-0.05, 0) is 87.5 Å². The number of nitrogens with two attached hydrogens (primary N) is 1. The van der Waals surface area contributed by atoms with Crippen LogP contribution >= 0.6 is 24.2 Å². The van der Waals surface area contributed by atoms with Crippen LogP contribution in [0.15, 0.2) is 0 Å². The molecule has 0 spiro atoms. The van der Waals surface area contributed by atoms with Crippen molar-refractivity contribution in [3.8, 4) is 0 Å². The second-order valence-corrected chi connectivity index (χ2v) is 13.1. The van der Waals surface area contributed by atoms with Gasteiger partial charge in [0.15, 0.2) is 0 Å². The van der Waals surface area contributed by atoms with Crippen molar-refractivity contribution >= 4 is 24.2 Å². The Morgan fingerprint density at radius 3 is 2.38 bits per heavy atom. The van der Waals surface area contributed by atoms with Crippen LogP contribution in [0.3, 0.4) is 0 Å². The Bertz CT molecular complexity index is 527. The molecule has 0 amide bonds. The third kappa shape index (κ3) is 9.26. The van der Waals surface area contributed by atoms with Crippen LogP contribution in [0.2, 0.25) is 0 Å². The molecule has 0 aromatic carbocycles. The Labute approximate surface area is 209 Å². The molecule has 5 atom stereocenters. The van der Waals surface area contributed by atoms with Crippen LogP contribution in [0.4, 0.5) is 0 Å². The molecule has 4 N–H and O–H groups in total. The highest BCUT2D eigenvalue weighted by Gasteiger charge is 2.35. The molecule has 2 aliphatic carbocycles. The van der Waals surface area contributed by atoms with Crippen LogP contribution in [0.1, 0.15) is 98.8 Å². The van der Waals surface area contributed by atoms with Crippen molar-refractivity contribution in [1.29, 1.82) is 0 Å². The smallest absolute Gasteiger partial charge is 0.108 e. The highest BCUT2D eigenvalue weighted by atomic mass is 35.5. The SMILES string of the molecule is CCCN(CC(C)(C)CC1CCC(Cl)CC1)C(S)[C@H](NC(O)C1CCCC(N)C1)C(C)C. The van der Waals surface area contributed by atoms with Crippen molar-refractivity contribution in [3.63, 3.8) is 0 Å². The predicted molar refractivity (Wildman–Crippen MR) is 142 cm³/mol. The van der Waals surface area contributed by atoms with E-state index in [1.165, 1.54) is 19.3 Å². The van der Waals surface area contributed by atoms with Gasteiger partial charge in [0.2, 0.25) is 0 Å². The molecule has 0 radical (unpaired) electrons. The van der Waals surface area contributed by atoms with E-state index >= 15 is 0 Å². The molecule has 2 aliphatic rings. The normalized spacial score (nSPS) is 30.5. The Balaban J connectivity index is 2.01. The van der Waals surface area contributed by atoms with Gasteiger partial charge in [0.25, 0.3) is 0 Å². The van der Waals surface area contributed by atoms with E-state index in [1.807, 2.05) is 0 Å². The lowest BCUT2D eigenvalue weighted by atomic mass is 9.76. The van der Waals surface area contributed by atoms with E-state index in [0.29, 0.717) is 11.3 Å². The number of nitrogens with one attached hydrogen (secondary N) is 1. The van der Waals surface area contributed by atoms with Gasteiger partial charge in [0.1, 0.15) is 6.23 Å². The molecule has 0 aliphatic heterocycles. The maximum atomic E-state index is 11.0. The van der Waals surface area contributed by atoms with Crippen molar-refractivity contribution in [2.45, 2.75) is 128 Å². The predicted octanol–water partition coefficient (Wildman–Crippen LogP) is 5.62. The van der Waals surface area contributed by atoms with Crippen molar-refractivity contribution < 1.29 is 5.11 Å². The maximum absolute atomic E-state index is 11.0. The summed E-state index contributed by atoms with van der Waals surface area (Å²) in [5.74, 6) is 1.41. The summed E-state index contributed by atoms with van der Waals surface area (Å²) in [6, 6.07) is 0.348. The van der Waals surface area contributed by atoms with E-state index in [1.54, 1.807) is 0 Å².